The Kier molecular flexibility index (Phi) is 5.23. The summed E-state index contributed by atoms with van der Waals surface area (Å²) >= 11 is 1.98. The molecule has 0 unspecified atom stereocenters. The van der Waals surface area contributed by atoms with Crippen LogP contribution in [-0.4, -0.2) is 9.30 Å². The van der Waals surface area contributed by atoms with E-state index in [1.165, 1.54) is 0 Å². The molecule has 0 aliphatic heterocycles. The lowest BCUT2D eigenvalue weighted by atomic mass is 10.0. The van der Waals surface area contributed by atoms with Gasteiger partial charge in [-0.1, -0.05) is 6.07 Å². The first-order chi connectivity index (χ1) is 8.14. The van der Waals surface area contributed by atoms with Crippen molar-refractivity contribution in [1.82, 2.24) is 4.72 Å². The van der Waals surface area contributed by atoms with Crippen LogP contribution in [0.15, 0.2) is 16.6 Å². The lowest BCUT2D eigenvalue weighted by molar-refractivity contribution is 0.529. The van der Waals surface area contributed by atoms with E-state index >= 15 is 0 Å². The molecule has 0 bridgehead atoms. The Balaban J connectivity index is 2.92. The number of benzene rings is 1. The smallest absolute Gasteiger partial charge is 0.140 e. The van der Waals surface area contributed by atoms with Crippen LogP contribution >= 0.6 is 15.9 Å². The summed E-state index contributed by atoms with van der Waals surface area (Å²) in [6, 6.07) is 3.36. The lowest BCUT2D eigenvalue weighted by Gasteiger charge is -2.27. The summed E-state index contributed by atoms with van der Waals surface area (Å²) in [5.74, 6) is -0.261. The molecule has 0 aromatic heterocycles. The van der Waals surface area contributed by atoms with Crippen molar-refractivity contribution in [1.29, 1.82) is 0 Å². The van der Waals surface area contributed by atoms with Crippen molar-refractivity contribution >= 4 is 27.3 Å². The summed E-state index contributed by atoms with van der Waals surface area (Å²) in [4.78, 5) is 0. The van der Waals surface area contributed by atoms with Gasteiger partial charge < -0.3 is 4.55 Å². The fraction of sp³-hybridized carbons (Fsp3) is 0.538. The molecule has 1 aromatic rings. The number of halogens is 2. The molecule has 102 valence electrons. The maximum absolute atomic E-state index is 13.8. The van der Waals surface area contributed by atoms with Gasteiger partial charge in [0.25, 0.3) is 0 Å². The third kappa shape index (κ3) is 3.70. The molecule has 0 aliphatic rings. The van der Waals surface area contributed by atoms with Gasteiger partial charge >= 0.3 is 0 Å². The largest absolute Gasteiger partial charge is 0.598 e. The van der Waals surface area contributed by atoms with Gasteiger partial charge in [0, 0.05) is 11.4 Å². The van der Waals surface area contributed by atoms with Crippen LogP contribution in [0.4, 0.5) is 4.39 Å². The minimum atomic E-state index is -1.17. The second-order valence-electron chi connectivity index (χ2n) is 5.30. The van der Waals surface area contributed by atoms with Crippen molar-refractivity contribution in [3.63, 3.8) is 0 Å². The second-order valence-corrected chi connectivity index (χ2v) is 8.15. The first-order valence-corrected chi connectivity index (χ1v) is 7.71. The van der Waals surface area contributed by atoms with Gasteiger partial charge in [-0.05, 0) is 67.7 Å². The summed E-state index contributed by atoms with van der Waals surface area (Å²) in [5, 5.41) is 0. The van der Waals surface area contributed by atoms with E-state index in [1.54, 1.807) is 13.0 Å². The standard InChI is InChI=1S/C13H19BrFNOS/c1-8-10(6-7-11(14)12(8)15)9(2)16-18(17)13(3,4)5/h6-7,9,16H,1-5H3/t9-,18-/m0/s1. The average molecular weight is 336 g/mol. The third-order valence-electron chi connectivity index (χ3n) is 2.69. The fourth-order valence-electron chi connectivity index (χ4n) is 1.54. The van der Waals surface area contributed by atoms with E-state index in [-0.39, 0.29) is 16.6 Å². The Morgan fingerprint density at radius 3 is 2.44 bits per heavy atom. The quantitative estimate of drug-likeness (QED) is 0.847. The Morgan fingerprint density at radius 1 is 1.39 bits per heavy atom. The van der Waals surface area contributed by atoms with E-state index in [2.05, 4.69) is 20.7 Å². The first kappa shape index (κ1) is 16.0. The predicted octanol–water partition coefficient (Wildman–Crippen LogP) is 4.01. The minimum absolute atomic E-state index is 0.160. The molecule has 0 spiro atoms. The second kappa shape index (κ2) is 5.90. The van der Waals surface area contributed by atoms with Crippen LogP contribution in [0.3, 0.4) is 0 Å². The summed E-state index contributed by atoms with van der Waals surface area (Å²) in [6.45, 7) is 9.32. The maximum Gasteiger partial charge on any atom is 0.140 e. The molecule has 1 aromatic carbocycles. The summed E-state index contributed by atoms with van der Waals surface area (Å²) < 4.78 is 28.9. The molecule has 0 aliphatic carbocycles. The van der Waals surface area contributed by atoms with Crippen LogP contribution in [0, 0.1) is 12.7 Å². The normalized spacial score (nSPS) is 15.6. The van der Waals surface area contributed by atoms with Gasteiger partial charge in [0.15, 0.2) is 0 Å². The van der Waals surface area contributed by atoms with Crippen molar-refractivity contribution in [3.8, 4) is 0 Å². The maximum atomic E-state index is 13.8. The molecule has 0 radical (unpaired) electrons. The highest BCUT2D eigenvalue weighted by Gasteiger charge is 2.29. The SMILES string of the molecule is Cc1c([C@H](C)N[S@@+]([O-])C(C)(C)C)ccc(Br)c1F. The molecule has 18 heavy (non-hydrogen) atoms. The molecule has 1 rings (SSSR count). The number of rotatable bonds is 3. The monoisotopic (exact) mass is 335 g/mol. The molecular weight excluding hydrogens is 317 g/mol. The van der Waals surface area contributed by atoms with Crippen molar-refractivity contribution in [2.45, 2.75) is 45.4 Å². The highest BCUT2D eigenvalue weighted by atomic mass is 79.9. The Labute approximate surface area is 120 Å². The molecule has 0 fully saturated rings. The number of nitrogens with one attached hydrogen (secondary N) is 1. The zero-order valence-electron chi connectivity index (χ0n) is 11.3. The van der Waals surface area contributed by atoms with Crippen LogP contribution in [0.2, 0.25) is 0 Å². The van der Waals surface area contributed by atoms with Crippen LogP contribution in [0.5, 0.6) is 0 Å². The van der Waals surface area contributed by atoms with Crippen molar-refractivity contribution in [3.05, 3.63) is 33.5 Å². The average Bonchev–Trinajstić information content (AvgIpc) is 2.24. The molecule has 0 amide bonds. The van der Waals surface area contributed by atoms with Gasteiger partial charge in [-0.2, -0.15) is 0 Å². The molecule has 0 saturated heterocycles. The van der Waals surface area contributed by atoms with Gasteiger partial charge in [-0.15, -0.1) is 4.72 Å². The third-order valence-corrected chi connectivity index (χ3v) is 4.98. The summed E-state index contributed by atoms with van der Waals surface area (Å²) in [5.41, 5.74) is 1.41. The lowest BCUT2D eigenvalue weighted by Crippen LogP contribution is -2.40. The first-order valence-electron chi connectivity index (χ1n) is 5.77. The van der Waals surface area contributed by atoms with Crippen molar-refractivity contribution in [2.75, 3.05) is 0 Å². The van der Waals surface area contributed by atoms with E-state index in [0.717, 1.165) is 5.56 Å². The van der Waals surface area contributed by atoms with Gasteiger partial charge in [-0.25, -0.2) is 4.39 Å². The summed E-state index contributed by atoms with van der Waals surface area (Å²) in [6.07, 6.45) is 0. The molecule has 2 nitrogen and oxygen atoms in total. The van der Waals surface area contributed by atoms with Crippen molar-refractivity contribution < 1.29 is 8.94 Å². The highest BCUT2D eigenvalue weighted by molar-refractivity contribution is 9.10. The van der Waals surface area contributed by atoms with Crippen LogP contribution in [0.25, 0.3) is 0 Å². The molecule has 0 saturated carbocycles. The number of hydrogen-bond acceptors (Lipinski definition) is 2. The minimum Gasteiger partial charge on any atom is -0.598 e. The Bertz CT molecular complexity index is 434. The zero-order chi connectivity index (χ0) is 14.1. The Morgan fingerprint density at radius 2 is 1.94 bits per heavy atom. The number of hydrogen-bond donors (Lipinski definition) is 1. The molecular formula is C13H19BrFNOS. The van der Waals surface area contributed by atoms with E-state index in [9.17, 15) is 8.94 Å². The van der Waals surface area contributed by atoms with Crippen LogP contribution in [-0.2, 0) is 11.4 Å². The van der Waals surface area contributed by atoms with E-state index in [4.69, 9.17) is 0 Å². The topological polar surface area (TPSA) is 35.1 Å². The van der Waals surface area contributed by atoms with E-state index in [0.29, 0.717) is 10.0 Å². The van der Waals surface area contributed by atoms with E-state index in [1.807, 2.05) is 33.8 Å². The van der Waals surface area contributed by atoms with Gasteiger partial charge in [0.05, 0.1) is 10.5 Å². The fourth-order valence-corrected chi connectivity index (χ4v) is 2.77. The Hall–Kier alpha value is -0.100. The van der Waals surface area contributed by atoms with Crippen molar-refractivity contribution in [2.24, 2.45) is 0 Å². The molecule has 0 heterocycles. The van der Waals surface area contributed by atoms with Gasteiger partial charge in [0.1, 0.15) is 10.6 Å². The van der Waals surface area contributed by atoms with Crippen LogP contribution in [0.1, 0.15) is 44.9 Å². The molecule has 5 heteroatoms. The highest BCUT2D eigenvalue weighted by Crippen LogP contribution is 2.27. The van der Waals surface area contributed by atoms with Crippen LogP contribution < -0.4 is 4.72 Å². The molecule has 1 N–H and O–H groups in total. The molecule has 2 atom stereocenters. The predicted molar refractivity (Wildman–Crippen MR) is 78.3 cm³/mol. The van der Waals surface area contributed by atoms with E-state index < -0.39 is 11.4 Å². The summed E-state index contributed by atoms with van der Waals surface area (Å²) in [7, 11) is 0. The van der Waals surface area contributed by atoms with Gasteiger partial charge in [-0.3, -0.25) is 0 Å². The van der Waals surface area contributed by atoms with Gasteiger partial charge in [0.2, 0.25) is 0 Å². The zero-order valence-corrected chi connectivity index (χ0v) is 13.7.